The summed E-state index contributed by atoms with van der Waals surface area (Å²) >= 11 is 0. The number of nitrogens with one attached hydrogen (secondary N) is 2. The molecular formula is C19H17N3O3. The Morgan fingerprint density at radius 3 is 2.56 bits per heavy atom. The van der Waals surface area contributed by atoms with Gasteiger partial charge in [-0.25, -0.2) is 0 Å². The lowest BCUT2D eigenvalue weighted by Crippen LogP contribution is -2.32. The topological polar surface area (TPSA) is 102 Å². The second-order valence-corrected chi connectivity index (χ2v) is 5.37. The normalized spacial score (nSPS) is 10.6. The smallest absolute Gasteiger partial charge is 0.270 e. The number of phenolic OH excluding ortho intramolecular Hbond substituents is 1. The Morgan fingerprint density at radius 1 is 1.20 bits per heavy atom. The molecule has 0 bridgehead atoms. The molecule has 0 aliphatic rings. The number of hydrogen-bond donors (Lipinski definition) is 3. The zero-order valence-electron chi connectivity index (χ0n) is 13.6. The van der Waals surface area contributed by atoms with E-state index in [-0.39, 0.29) is 17.7 Å². The highest BCUT2D eigenvalue weighted by Crippen LogP contribution is 2.23. The molecule has 0 heterocycles. The van der Waals surface area contributed by atoms with Crippen molar-refractivity contribution in [3.8, 4) is 11.8 Å². The highest BCUT2D eigenvalue weighted by atomic mass is 16.3. The van der Waals surface area contributed by atoms with E-state index in [4.69, 9.17) is 5.26 Å². The first kappa shape index (κ1) is 17.8. The summed E-state index contributed by atoms with van der Waals surface area (Å²) in [6, 6.07) is 15.6. The molecule has 3 N–H and O–H groups in total. The summed E-state index contributed by atoms with van der Waals surface area (Å²) in [6.07, 6.45) is 1.19. The van der Waals surface area contributed by atoms with Crippen LogP contribution in [0.5, 0.6) is 5.75 Å². The molecule has 0 radical (unpaired) electrons. The fraction of sp³-hybridized carbons (Fsp3) is 0.105. The Bertz CT molecular complexity index is 852. The van der Waals surface area contributed by atoms with Crippen LogP contribution in [-0.2, 0) is 16.0 Å². The van der Waals surface area contributed by atoms with Crippen LogP contribution < -0.4 is 10.6 Å². The fourth-order valence-electron chi connectivity index (χ4n) is 2.08. The highest BCUT2D eigenvalue weighted by molar-refractivity contribution is 6.07. The van der Waals surface area contributed by atoms with Crippen molar-refractivity contribution in [2.24, 2.45) is 0 Å². The molecule has 2 rings (SSSR count). The number of benzene rings is 2. The van der Waals surface area contributed by atoms with Gasteiger partial charge in [-0.05, 0) is 30.2 Å². The van der Waals surface area contributed by atoms with Crippen LogP contribution >= 0.6 is 0 Å². The zero-order chi connectivity index (χ0) is 18.2. The predicted octanol–water partition coefficient (Wildman–Crippen LogP) is 2.41. The van der Waals surface area contributed by atoms with Crippen LogP contribution in [0, 0.1) is 18.3 Å². The van der Waals surface area contributed by atoms with Gasteiger partial charge in [-0.15, -0.1) is 0 Å². The molecule has 0 fully saturated rings. The van der Waals surface area contributed by atoms with Gasteiger partial charge >= 0.3 is 0 Å². The highest BCUT2D eigenvalue weighted by Gasteiger charge is 2.13. The number of carbonyl (C=O) groups is 2. The van der Waals surface area contributed by atoms with Crippen molar-refractivity contribution >= 4 is 17.5 Å². The third-order valence-corrected chi connectivity index (χ3v) is 3.35. The van der Waals surface area contributed by atoms with Crippen molar-refractivity contribution in [1.29, 1.82) is 5.26 Å². The van der Waals surface area contributed by atoms with Crippen LogP contribution in [0.1, 0.15) is 11.1 Å². The number of aryl methyl sites for hydroxylation is 1. The Labute approximate surface area is 145 Å². The Morgan fingerprint density at radius 2 is 1.92 bits per heavy atom. The molecule has 0 spiro atoms. The van der Waals surface area contributed by atoms with Crippen molar-refractivity contribution in [1.82, 2.24) is 5.32 Å². The molecule has 0 saturated carbocycles. The number of rotatable bonds is 5. The molecule has 2 amide bonds. The van der Waals surface area contributed by atoms with Gasteiger partial charge in [0.25, 0.3) is 5.91 Å². The number of hydrogen-bond acceptors (Lipinski definition) is 5. The monoisotopic (exact) mass is 335 g/mol. The third-order valence-electron chi connectivity index (χ3n) is 3.35. The number of carbonyl (C=O) groups excluding carboxylic acids is 2. The number of amides is 2. The van der Waals surface area contributed by atoms with Gasteiger partial charge in [0.15, 0.2) is 0 Å². The molecule has 0 saturated heterocycles. The van der Waals surface area contributed by atoms with E-state index in [1.165, 1.54) is 0 Å². The quantitative estimate of drug-likeness (QED) is 0.442. The minimum atomic E-state index is -0.803. The van der Waals surface area contributed by atoms with Gasteiger partial charge in [-0.2, -0.15) is 5.26 Å². The summed E-state index contributed by atoms with van der Waals surface area (Å²) in [5.74, 6) is -1.31. The number of aromatic hydroxyl groups is 1. The average molecular weight is 335 g/mol. The standard InChI is InChI=1S/C19H17N3O3/c1-13-7-8-16(17(23)9-13)21-12-15(11-20)19(25)22-18(24)10-14-5-3-2-4-6-14/h2-9,12,21,23H,10H2,1H3,(H,22,24,25)/b15-12+. The van der Waals surface area contributed by atoms with Crippen molar-refractivity contribution < 1.29 is 14.7 Å². The maximum absolute atomic E-state index is 12.0. The number of nitriles is 1. The van der Waals surface area contributed by atoms with E-state index in [9.17, 15) is 14.7 Å². The number of nitrogens with zero attached hydrogens (tertiary/aromatic N) is 1. The lowest BCUT2D eigenvalue weighted by Gasteiger charge is -2.06. The second kappa shape index (κ2) is 8.31. The van der Waals surface area contributed by atoms with Crippen molar-refractivity contribution in [2.45, 2.75) is 13.3 Å². The van der Waals surface area contributed by atoms with Gasteiger partial charge in [-0.1, -0.05) is 36.4 Å². The minimum absolute atomic E-state index is 0.00546. The minimum Gasteiger partial charge on any atom is -0.506 e. The first-order chi connectivity index (χ1) is 12.0. The fourth-order valence-corrected chi connectivity index (χ4v) is 2.08. The summed E-state index contributed by atoms with van der Waals surface area (Å²) in [4.78, 5) is 23.9. The first-order valence-corrected chi connectivity index (χ1v) is 7.54. The van der Waals surface area contributed by atoms with Crippen LogP contribution in [0.3, 0.4) is 0 Å². The summed E-state index contributed by atoms with van der Waals surface area (Å²) < 4.78 is 0. The third kappa shape index (κ3) is 5.22. The van der Waals surface area contributed by atoms with E-state index in [0.29, 0.717) is 5.69 Å². The van der Waals surface area contributed by atoms with E-state index < -0.39 is 11.8 Å². The van der Waals surface area contributed by atoms with Crippen LogP contribution in [0.4, 0.5) is 5.69 Å². The maximum atomic E-state index is 12.0. The lowest BCUT2D eigenvalue weighted by molar-refractivity contribution is -0.127. The van der Waals surface area contributed by atoms with E-state index >= 15 is 0 Å². The second-order valence-electron chi connectivity index (χ2n) is 5.37. The summed E-state index contributed by atoms with van der Waals surface area (Å²) in [5.41, 5.74) is 1.71. The maximum Gasteiger partial charge on any atom is 0.270 e. The van der Waals surface area contributed by atoms with E-state index in [1.54, 1.807) is 48.5 Å². The summed E-state index contributed by atoms with van der Waals surface area (Å²) in [5, 5.41) is 23.7. The molecule has 0 atom stereocenters. The van der Waals surface area contributed by atoms with Crippen LogP contribution in [-0.4, -0.2) is 16.9 Å². The molecule has 0 unspecified atom stereocenters. The predicted molar refractivity (Wildman–Crippen MR) is 93.5 cm³/mol. The van der Waals surface area contributed by atoms with Gasteiger partial charge in [0.05, 0.1) is 12.1 Å². The average Bonchev–Trinajstić information content (AvgIpc) is 2.57. The van der Waals surface area contributed by atoms with Crippen molar-refractivity contribution in [2.75, 3.05) is 5.32 Å². The molecule has 126 valence electrons. The van der Waals surface area contributed by atoms with Crippen molar-refractivity contribution in [3.05, 3.63) is 71.4 Å². The van der Waals surface area contributed by atoms with Gasteiger partial charge < -0.3 is 10.4 Å². The van der Waals surface area contributed by atoms with Gasteiger partial charge in [-0.3, -0.25) is 14.9 Å². The Hall–Kier alpha value is -3.59. The Kier molecular flexibility index (Phi) is 5.91. The molecule has 0 aromatic heterocycles. The molecule has 6 nitrogen and oxygen atoms in total. The molecule has 0 aliphatic heterocycles. The largest absolute Gasteiger partial charge is 0.506 e. The lowest BCUT2D eigenvalue weighted by atomic mass is 10.1. The molecule has 2 aromatic rings. The molecule has 0 aliphatic carbocycles. The van der Waals surface area contributed by atoms with Crippen LogP contribution in [0.25, 0.3) is 0 Å². The number of imide groups is 1. The summed E-state index contributed by atoms with van der Waals surface area (Å²) in [7, 11) is 0. The molecular weight excluding hydrogens is 318 g/mol. The number of phenols is 1. The van der Waals surface area contributed by atoms with Gasteiger partial charge in [0.1, 0.15) is 17.4 Å². The Balaban J connectivity index is 2.00. The van der Waals surface area contributed by atoms with E-state index in [0.717, 1.165) is 17.3 Å². The first-order valence-electron chi connectivity index (χ1n) is 7.54. The molecule has 25 heavy (non-hydrogen) atoms. The van der Waals surface area contributed by atoms with Crippen LogP contribution in [0.2, 0.25) is 0 Å². The van der Waals surface area contributed by atoms with E-state index in [1.807, 2.05) is 13.0 Å². The van der Waals surface area contributed by atoms with E-state index in [2.05, 4.69) is 10.6 Å². The zero-order valence-corrected chi connectivity index (χ0v) is 13.6. The van der Waals surface area contributed by atoms with Gasteiger partial charge in [0.2, 0.25) is 5.91 Å². The SMILES string of the molecule is Cc1ccc(N/C=C(\C#N)C(=O)NC(=O)Cc2ccccc2)c(O)c1. The summed E-state index contributed by atoms with van der Waals surface area (Å²) in [6.45, 7) is 1.83. The van der Waals surface area contributed by atoms with Crippen molar-refractivity contribution in [3.63, 3.8) is 0 Å². The molecule has 6 heteroatoms. The van der Waals surface area contributed by atoms with Crippen LogP contribution in [0.15, 0.2) is 60.3 Å². The number of anilines is 1. The van der Waals surface area contributed by atoms with Gasteiger partial charge in [0, 0.05) is 6.20 Å². The molecule has 2 aromatic carbocycles.